The molecule has 3 rings (SSSR count). The lowest BCUT2D eigenvalue weighted by Crippen LogP contribution is -2.47. The van der Waals surface area contributed by atoms with Crippen molar-refractivity contribution in [2.75, 3.05) is 0 Å². The number of nitrogens with zero attached hydrogens (tertiary/aromatic N) is 1. The molecule has 3 heteroatoms. The van der Waals surface area contributed by atoms with Gasteiger partial charge in [-0.3, -0.25) is 9.69 Å². The van der Waals surface area contributed by atoms with E-state index in [4.69, 9.17) is 5.11 Å². The molecule has 15 heavy (non-hydrogen) atoms. The standard InChI is InChI=1S/C12H19NO2/c1-7-4-9(5-7)13-8-2-3-11(13)10(6-8)12(14)15/h7-11H,2-6H2,1H3,(H,14,15). The number of rotatable bonds is 2. The van der Waals surface area contributed by atoms with Crippen molar-refractivity contribution in [1.29, 1.82) is 0 Å². The molecular weight excluding hydrogens is 190 g/mol. The highest BCUT2D eigenvalue weighted by molar-refractivity contribution is 5.71. The van der Waals surface area contributed by atoms with Gasteiger partial charge in [0.25, 0.3) is 0 Å². The summed E-state index contributed by atoms with van der Waals surface area (Å²) in [4.78, 5) is 13.7. The lowest BCUT2D eigenvalue weighted by Gasteiger charge is -2.42. The second kappa shape index (κ2) is 3.21. The minimum absolute atomic E-state index is 0.0698. The van der Waals surface area contributed by atoms with Crippen LogP contribution in [-0.4, -0.2) is 34.1 Å². The molecule has 1 N–H and O–H groups in total. The highest BCUT2D eigenvalue weighted by atomic mass is 16.4. The fourth-order valence-electron chi connectivity index (χ4n) is 3.97. The molecule has 0 spiro atoms. The molecule has 2 heterocycles. The molecule has 84 valence electrons. The largest absolute Gasteiger partial charge is 0.481 e. The molecule has 2 bridgehead atoms. The fourth-order valence-corrected chi connectivity index (χ4v) is 3.97. The van der Waals surface area contributed by atoms with Gasteiger partial charge in [-0.1, -0.05) is 6.92 Å². The monoisotopic (exact) mass is 209 g/mol. The van der Waals surface area contributed by atoms with Crippen molar-refractivity contribution < 1.29 is 9.90 Å². The van der Waals surface area contributed by atoms with Crippen LogP contribution in [0.4, 0.5) is 0 Å². The number of aliphatic carboxylic acids is 1. The lowest BCUT2D eigenvalue weighted by molar-refractivity contribution is -0.142. The van der Waals surface area contributed by atoms with Gasteiger partial charge in [-0.05, 0) is 38.0 Å². The molecule has 2 aliphatic heterocycles. The van der Waals surface area contributed by atoms with Gasteiger partial charge in [0.05, 0.1) is 5.92 Å². The molecule has 0 aromatic carbocycles. The number of carbonyl (C=O) groups is 1. The van der Waals surface area contributed by atoms with E-state index in [1.165, 1.54) is 19.3 Å². The molecule has 3 atom stereocenters. The van der Waals surface area contributed by atoms with Crippen molar-refractivity contribution >= 4 is 5.97 Å². The van der Waals surface area contributed by atoms with E-state index in [9.17, 15) is 4.79 Å². The van der Waals surface area contributed by atoms with Crippen LogP contribution in [0.5, 0.6) is 0 Å². The minimum Gasteiger partial charge on any atom is -0.481 e. The predicted octanol–water partition coefficient (Wildman–Crippen LogP) is 1.72. The molecule has 0 amide bonds. The molecule has 0 radical (unpaired) electrons. The zero-order valence-corrected chi connectivity index (χ0v) is 9.22. The number of fused-ring (bicyclic) bond motifs is 2. The topological polar surface area (TPSA) is 40.5 Å². The Morgan fingerprint density at radius 2 is 1.93 bits per heavy atom. The lowest BCUT2D eigenvalue weighted by atomic mass is 9.80. The smallest absolute Gasteiger partial charge is 0.308 e. The quantitative estimate of drug-likeness (QED) is 0.753. The van der Waals surface area contributed by atoms with E-state index in [0.717, 1.165) is 18.8 Å². The summed E-state index contributed by atoms with van der Waals surface area (Å²) in [7, 11) is 0. The summed E-state index contributed by atoms with van der Waals surface area (Å²) in [5, 5.41) is 9.15. The SMILES string of the molecule is CC1CC(N2C3CCC2C(C(=O)O)C3)C1. The highest BCUT2D eigenvalue weighted by Crippen LogP contribution is 2.47. The van der Waals surface area contributed by atoms with Gasteiger partial charge in [0, 0.05) is 18.1 Å². The van der Waals surface area contributed by atoms with Gasteiger partial charge in [-0.15, -0.1) is 0 Å². The number of carboxylic acids is 1. The van der Waals surface area contributed by atoms with Crippen molar-refractivity contribution in [2.24, 2.45) is 11.8 Å². The van der Waals surface area contributed by atoms with Crippen molar-refractivity contribution in [2.45, 2.75) is 57.2 Å². The van der Waals surface area contributed by atoms with Crippen molar-refractivity contribution in [1.82, 2.24) is 4.90 Å². The van der Waals surface area contributed by atoms with Gasteiger partial charge in [0.15, 0.2) is 0 Å². The van der Waals surface area contributed by atoms with Crippen LogP contribution in [0.25, 0.3) is 0 Å². The summed E-state index contributed by atoms with van der Waals surface area (Å²) in [6.45, 7) is 2.29. The zero-order chi connectivity index (χ0) is 10.6. The summed E-state index contributed by atoms with van der Waals surface area (Å²) >= 11 is 0. The van der Waals surface area contributed by atoms with Crippen LogP contribution < -0.4 is 0 Å². The third-order valence-electron chi connectivity index (χ3n) is 4.68. The van der Waals surface area contributed by atoms with Crippen molar-refractivity contribution in [3.63, 3.8) is 0 Å². The Morgan fingerprint density at radius 3 is 2.47 bits per heavy atom. The summed E-state index contributed by atoms with van der Waals surface area (Å²) in [5.41, 5.74) is 0. The molecular formula is C12H19NO2. The highest BCUT2D eigenvalue weighted by Gasteiger charge is 2.53. The van der Waals surface area contributed by atoms with Crippen molar-refractivity contribution in [3.8, 4) is 0 Å². The zero-order valence-electron chi connectivity index (χ0n) is 9.22. The summed E-state index contributed by atoms with van der Waals surface area (Å²) in [5.74, 6) is 0.220. The average molecular weight is 209 g/mol. The molecule has 2 saturated heterocycles. The Kier molecular flexibility index (Phi) is 2.06. The van der Waals surface area contributed by atoms with E-state index in [1.807, 2.05) is 0 Å². The second-order valence-electron chi connectivity index (χ2n) is 5.66. The Morgan fingerprint density at radius 1 is 1.20 bits per heavy atom. The van der Waals surface area contributed by atoms with Gasteiger partial charge in [-0.2, -0.15) is 0 Å². The summed E-state index contributed by atoms with van der Waals surface area (Å²) in [6.07, 6.45) is 5.84. The van der Waals surface area contributed by atoms with Gasteiger partial charge in [0.2, 0.25) is 0 Å². The number of carboxylic acid groups (broad SMARTS) is 1. The van der Waals surface area contributed by atoms with Crippen LogP contribution in [-0.2, 0) is 4.79 Å². The van der Waals surface area contributed by atoms with Gasteiger partial charge >= 0.3 is 5.97 Å². The molecule has 3 fully saturated rings. The van der Waals surface area contributed by atoms with Crippen LogP contribution in [0.15, 0.2) is 0 Å². The van der Waals surface area contributed by atoms with E-state index < -0.39 is 5.97 Å². The first-order chi connectivity index (χ1) is 7.16. The normalized spacial score (nSPS) is 49.3. The van der Waals surface area contributed by atoms with Gasteiger partial charge < -0.3 is 5.11 Å². The number of hydrogen-bond acceptors (Lipinski definition) is 2. The van der Waals surface area contributed by atoms with Crippen LogP contribution in [0.1, 0.15) is 39.0 Å². The molecule has 3 aliphatic rings. The van der Waals surface area contributed by atoms with Crippen LogP contribution in [0.2, 0.25) is 0 Å². The third-order valence-corrected chi connectivity index (χ3v) is 4.68. The van der Waals surface area contributed by atoms with E-state index in [2.05, 4.69) is 11.8 Å². The molecule has 0 aromatic heterocycles. The second-order valence-corrected chi connectivity index (χ2v) is 5.66. The van der Waals surface area contributed by atoms with Gasteiger partial charge in [0.1, 0.15) is 0 Å². The fraction of sp³-hybridized carbons (Fsp3) is 0.917. The Balaban J connectivity index is 1.73. The molecule has 1 saturated carbocycles. The summed E-state index contributed by atoms with van der Waals surface area (Å²) < 4.78 is 0. The minimum atomic E-state index is -0.570. The first-order valence-corrected chi connectivity index (χ1v) is 6.17. The number of hydrogen-bond donors (Lipinski definition) is 1. The van der Waals surface area contributed by atoms with Crippen LogP contribution in [0, 0.1) is 11.8 Å². The molecule has 0 aromatic rings. The molecule has 1 aliphatic carbocycles. The molecule has 3 nitrogen and oxygen atoms in total. The third kappa shape index (κ3) is 1.32. The first kappa shape index (κ1) is 9.64. The van der Waals surface area contributed by atoms with Crippen LogP contribution in [0.3, 0.4) is 0 Å². The Bertz CT molecular complexity index is 285. The van der Waals surface area contributed by atoms with E-state index in [1.54, 1.807) is 0 Å². The van der Waals surface area contributed by atoms with E-state index in [-0.39, 0.29) is 5.92 Å². The Labute approximate surface area is 90.5 Å². The predicted molar refractivity (Wildman–Crippen MR) is 56.6 cm³/mol. The average Bonchev–Trinajstić information content (AvgIpc) is 2.69. The maximum absolute atomic E-state index is 11.1. The van der Waals surface area contributed by atoms with Gasteiger partial charge in [-0.25, -0.2) is 0 Å². The maximum atomic E-state index is 11.1. The first-order valence-electron chi connectivity index (χ1n) is 6.17. The van der Waals surface area contributed by atoms with E-state index >= 15 is 0 Å². The summed E-state index contributed by atoms with van der Waals surface area (Å²) in [6, 6.07) is 1.67. The molecule has 3 unspecified atom stereocenters. The van der Waals surface area contributed by atoms with Crippen molar-refractivity contribution in [3.05, 3.63) is 0 Å². The maximum Gasteiger partial charge on any atom is 0.308 e. The Hall–Kier alpha value is -0.570. The van der Waals surface area contributed by atoms with E-state index in [0.29, 0.717) is 18.1 Å². The van der Waals surface area contributed by atoms with Crippen LogP contribution >= 0.6 is 0 Å².